The van der Waals surface area contributed by atoms with Gasteiger partial charge in [0, 0.05) is 32.3 Å². The van der Waals surface area contributed by atoms with Crippen molar-refractivity contribution in [1.82, 2.24) is 20.0 Å². The zero-order chi connectivity index (χ0) is 15.1. The van der Waals surface area contributed by atoms with Crippen LogP contribution in [0.15, 0.2) is 12.4 Å². The van der Waals surface area contributed by atoms with Crippen LogP contribution in [-0.4, -0.2) is 47.3 Å². The van der Waals surface area contributed by atoms with E-state index in [9.17, 15) is 4.79 Å². The van der Waals surface area contributed by atoms with E-state index >= 15 is 0 Å². The number of likely N-dealkylation sites (tertiary alicyclic amines) is 1. The minimum atomic E-state index is 0.194. The zero-order valence-corrected chi connectivity index (χ0v) is 13.3. The smallest absolute Gasteiger partial charge is 0.220 e. The number of rotatable bonds is 7. The van der Waals surface area contributed by atoms with Crippen LogP contribution in [0.5, 0.6) is 0 Å². The Morgan fingerprint density at radius 3 is 3.10 bits per heavy atom. The lowest BCUT2D eigenvalue weighted by atomic mass is 9.93. The predicted octanol–water partition coefficient (Wildman–Crippen LogP) is 1.82. The molecule has 1 unspecified atom stereocenters. The highest BCUT2D eigenvalue weighted by atomic mass is 16.1. The molecule has 5 nitrogen and oxygen atoms in total. The average molecular weight is 292 g/mol. The zero-order valence-electron chi connectivity index (χ0n) is 13.3. The molecule has 1 aromatic heterocycles. The van der Waals surface area contributed by atoms with Gasteiger partial charge in [-0.15, -0.1) is 0 Å². The topological polar surface area (TPSA) is 50.2 Å². The van der Waals surface area contributed by atoms with Crippen molar-refractivity contribution in [2.75, 3.05) is 26.7 Å². The van der Waals surface area contributed by atoms with Gasteiger partial charge >= 0.3 is 0 Å². The second-order valence-electron chi connectivity index (χ2n) is 6.29. The lowest BCUT2D eigenvalue weighted by molar-refractivity contribution is -0.121. The summed E-state index contributed by atoms with van der Waals surface area (Å²) in [6.45, 7) is 5.99. The number of amides is 1. The molecule has 0 radical (unpaired) electrons. The summed E-state index contributed by atoms with van der Waals surface area (Å²) >= 11 is 0. The number of aryl methyl sites for hydroxylation is 2. The Balaban J connectivity index is 1.53. The van der Waals surface area contributed by atoms with E-state index in [-0.39, 0.29) is 5.91 Å². The molecule has 1 aliphatic heterocycles. The van der Waals surface area contributed by atoms with Crippen LogP contribution in [0.1, 0.15) is 37.7 Å². The predicted molar refractivity (Wildman–Crippen MR) is 84.0 cm³/mol. The van der Waals surface area contributed by atoms with E-state index in [2.05, 4.69) is 22.4 Å². The van der Waals surface area contributed by atoms with Gasteiger partial charge in [0.15, 0.2) is 0 Å². The van der Waals surface area contributed by atoms with Crippen molar-refractivity contribution in [1.29, 1.82) is 0 Å². The van der Waals surface area contributed by atoms with Crippen molar-refractivity contribution < 1.29 is 4.79 Å². The Kier molecular flexibility index (Phi) is 6.23. The highest BCUT2D eigenvalue weighted by Crippen LogP contribution is 2.19. The molecule has 1 N–H and O–H groups in total. The van der Waals surface area contributed by atoms with E-state index in [1.165, 1.54) is 24.9 Å². The highest BCUT2D eigenvalue weighted by Gasteiger charge is 2.17. The number of piperidine rings is 1. The third-order valence-electron chi connectivity index (χ3n) is 4.15. The molecule has 1 aliphatic rings. The van der Waals surface area contributed by atoms with Crippen molar-refractivity contribution in [3.05, 3.63) is 18.0 Å². The van der Waals surface area contributed by atoms with Gasteiger partial charge in [-0.1, -0.05) is 0 Å². The molecule has 1 amide bonds. The number of carbonyl (C=O) groups is 1. The van der Waals surface area contributed by atoms with E-state index in [0.717, 1.165) is 32.5 Å². The quantitative estimate of drug-likeness (QED) is 0.780. The first-order chi connectivity index (χ1) is 10.1. The molecule has 5 heteroatoms. The van der Waals surface area contributed by atoms with Crippen LogP contribution < -0.4 is 5.32 Å². The Hall–Kier alpha value is -1.36. The van der Waals surface area contributed by atoms with Crippen LogP contribution in [0.2, 0.25) is 0 Å². The molecule has 2 rings (SSSR count). The minimum Gasteiger partial charge on any atom is -0.356 e. The summed E-state index contributed by atoms with van der Waals surface area (Å²) in [4.78, 5) is 14.2. The van der Waals surface area contributed by atoms with Crippen LogP contribution in [0.25, 0.3) is 0 Å². The summed E-state index contributed by atoms with van der Waals surface area (Å²) in [5.74, 6) is 0.890. The standard InChI is InChI=1S/C16H28N4O/c1-14-11-18-20(12-14)10-4-8-17-16(21)7-6-15-5-3-9-19(2)13-15/h11-12,15H,3-10,13H2,1-2H3,(H,17,21). The van der Waals surface area contributed by atoms with Gasteiger partial charge in [-0.25, -0.2) is 0 Å². The molecule has 118 valence electrons. The van der Waals surface area contributed by atoms with Crippen molar-refractivity contribution in [3.63, 3.8) is 0 Å². The van der Waals surface area contributed by atoms with Crippen molar-refractivity contribution in [2.24, 2.45) is 5.92 Å². The maximum absolute atomic E-state index is 11.8. The summed E-state index contributed by atoms with van der Waals surface area (Å²) in [6.07, 6.45) is 9.05. The molecule has 21 heavy (non-hydrogen) atoms. The van der Waals surface area contributed by atoms with Gasteiger partial charge in [0.2, 0.25) is 5.91 Å². The normalized spacial score (nSPS) is 19.6. The first-order valence-corrected chi connectivity index (χ1v) is 8.08. The third kappa shape index (κ3) is 5.87. The van der Waals surface area contributed by atoms with Crippen LogP contribution >= 0.6 is 0 Å². The number of nitrogens with zero attached hydrogens (tertiary/aromatic N) is 3. The summed E-state index contributed by atoms with van der Waals surface area (Å²) in [7, 11) is 2.17. The van der Waals surface area contributed by atoms with Gasteiger partial charge < -0.3 is 10.2 Å². The fraction of sp³-hybridized carbons (Fsp3) is 0.750. The van der Waals surface area contributed by atoms with Crippen molar-refractivity contribution in [3.8, 4) is 0 Å². The van der Waals surface area contributed by atoms with Crippen LogP contribution in [-0.2, 0) is 11.3 Å². The fourth-order valence-corrected chi connectivity index (χ4v) is 2.99. The number of carbonyl (C=O) groups excluding carboxylic acids is 1. The largest absolute Gasteiger partial charge is 0.356 e. The summed E-state index contributed by atoms with van der Waals surface area (Å²) < 4.78 is 1.93. The first kappa shape index (κ1) is 16.0. The van der Waals surface area contributed by atoms with Gasteiger partial charge in [0.25, 0.3) is 0 Å². The van der Waals surface area contributed by atoms with Crippen LogP contribution in [0.4, 0.5) is 0 Å². The molecule has 0 aliphatic carbocycles. The maximum Gasteiger partial charge on any atom is 0.220 e. The van der Waals surface area contributed by atoms with Crippen molar-refractivity contribution in [2.45, 2.75) is 45.6 Å². The first-order valence-electron chi connectivity index (χ1n) is 8.08. The second-order valence-corrected chi connectivity index (χ2v) is 6.29. The van der Waals surface area contributed by atoms with E-state index in [0.29, 0.717) is 12.3 Å². The fourth-order valence-electron chi connectivity index (χ4n) is 2.99. The monoisotopic (exact) mass is 292 g/mol. The summed E-state index contributed by atoms with van der Waals surface area (Å²) in [6, 6.07) is 0. The Labute approximate surface area is 127 Å². The van der Waals surface area contributed by atoms with E-state index < -0.39 is 0 Å². The molecule has 0 aromatic carbocycles. The number of nitrogens with one attached hydrogen (secondary N) is 1. The molecular weight excluding hydrogens is 264 g/mol. The molecule has 0 bridgehead atoms. The Bertz CT molecular complexity index is 443. The van der Waals surface area contributed by atoms with Gasteiger partial charge in [-0.3, -0.25) is 9.48 Å². The molecule has 0 saturated carbocycles. The molecule has 1 atom stereocenters. The Morgan fingerprint density at radius 1 is 1.52 bits per heavy atom. The van der Waals surface area contributed by atoms with E-state index in [1.807, 2.05) is 24.0 Å². The molecule has 1 saturated heterocycles. The molecule has 2 heterocycles. The maximum atomic E-state index is 11.8. The van der Waals surface area contributed by atoms with Gasteiger partial charge in [-0.2, -0.15) is 5.10 Å². The second kappa shape index (κ2) is 8.17. The molecule has 1 aromatic rings. The molecule has 1 fully saturated rings. The lowest BCUT2D eigenvalue weighted by Crippen LogP contribution is -2.33. The van der Waals surface area contributed by atoms with Gasteiger partial charge in [0.05, 0.1) is 6.20 Å². The number of aromatic nitrogens is 2. The molecule has 0 spiro atoms. The summed E-state index contributed by atoms with van der Waals surface area (Å²) in [5, 5.41) is 7.25. The SMILES string of the molecule is Cc1cnn(CCCNC(=O)CCC2CCCN(C)C2)c1. The van der Waals surface area contributed by atoms with Crippen LogP contribution in [0, 0.1) is 12.8 Å². The highest BCUT2D eigenvalue weighted by molar-refractivity contribution is 5.75. The summed E-state index contributed by atoms with van der Waals surface area (Å²) in [5.41, 5.74) is 1.18. The van der Waals surface area contributed by atoms with Gasteiger partial charge in [0.1, 0.15) is 0 Å². The molecular formula is C16H28N4O. The number of hydrogen-bond acceptors (Lipinski definition) is 3. The number of hydrogen-bond donors (Lipinski definition) is 1. The van der Waals surface area contributed by atoms with E-state index in [4.69, 9.17) is 0 Å². The Morgan fingerprint density at radius 2 is 2.38 bits per heavy atom. The van der Waals surface area contributed by atoms with Crippen LogP contribution in [0.3, 0.4) is 0 Å². The van der Waals surface area contributed by atoms with Crippen molar-refractivity contribution >= 4 is 5.91 Å². The minimum absolute atomic E-state index is 0.194. The van der Waals surface area contributed by atoms with E-state index in [1.54, 1.807) is 0 Å². The third-order valence-corrected chi connectivity index (χ3v) is 4.15. The van der Waals surface area contributed by atoms with Gasteiger partial charge in [-0.05, 0) is 57.7 Å². The lowest BCUT2D eigenvalue weighted by Gasteiger charge is -2.29. The average Bonchev–Trinajstić information content (AvgIpc) is 2.87.